The van der Waals surface area contributed by atoms with Crippen molar-refractivity contribution in [2.45, 2.75) is 6.92 Å². The largest absolute Gasteiger partial charge is 0.218 e. The summed E-state index contributed by atoms with van der Waals surface area (Å²) < 4.78 is 1.29. The summed E-state index contributed by atoms with van der Waals surface area (Å²) in [5.74, 6) is 0. The SMILES string of the molecule is C=C/C=C\c1c(/C=C(\C)C=C)c(C=C)n(OOOO)c1C=C. The minimum absolute atomic E-state index is 0.591. The molecule has 0 spiro atoms. The molecule has 0 atom stereocenters. The molecule has 22 heavy (non-hydrogen) atoms. The summed E-state index contributed by atoms with van der Waals surface area (Å²) in [6.07, 6.45) is 12.1. The zero-order chi connectivity index (χ0) is 16.5. The Morgan fingerprint density at radius 3 is 2.23 bits per heavy atom. The predicted octanol–water partition coefficient (Wildman–Crippen LogP) is 4.33. The highest BCUT2D eigenvalue weighted by Gasteiger charge is 2.18. The second-order valence-corrected chi connectivity index (χ2v) is 4.20. The number of rotatable bonds is 9. The van der Waals surface area contributed by atoms with Crippen LogP contribution in [0.4, 0.5) is 0 Å². The predicted molar refractivity (Wildman–Crippen MR) is 89.1 cm³/mol. The van der Waals surface area contributed by atoms with Crippen LogP contribution >= 0.6 is 0 Å². The van der Waals surface area contributed by atoms with Crippen LogP contribution < -0.4 is 4.99 Å². The Balaban J connectivity index is 3.68. The normalized spacial score (nSPS) is 11.5. The van der Waals surface area contributed by atoms with E-state index in [0.717, 1.165) is 16.7 Å². The van der Waals surface area contributed by atoms with Crippen molar-refractivity contribution in [1.82, 2.24) is 4.73 Å². The monoisotopic (exact) mass is 301 g/mol. The van der Waals surface area contributed by atoms with Gasteiger partial charge in [0.2, 0.25) is 0 Å². The number of hydrogen-bond donors (Lipinski definition) is 1. The van der Waals surface area contributed by atoms with E-state index in [4.69, 9.17) is 10.2 Å². The lowest BCUT2D eigenvalue weighted by Gasteiger charge is -2.05. The van der Waals surface area contributed by atoms with Crippen LogP contribution in [0.5, 0.6) is 0 Å². The molecule has 116 valence electrons. The lowest BCUT2D eigenvalue weighted by atomic mass is 10.0. The lowest BCUT2D eigenvalue weighted by Crippen LogP contribution is -2.15. The van der Waals surface area contributed by atoms with Crippen LogP contribution in [0.1, 0.15) is 29.4 Å². The van der Waals surface area contributed by atoms with Gasteiger partial charge in [-0.2, -0.15) is 0 Å². The summed E-state index contributed by atoms with van der Waals surface area (Å²) in [6.45, 7) is 16.8. The number of allylic oxidation sites excluding steroid dienone is 4. The van der Waals surface area contributed by atoms with Gasteiger partial charge in [-0.1, -0.05) is 56.2 Å². The summed E-state index contributed by atoms with van der Waals surface area (Å²) in [4.78, 5) is 4.90. The van der Waals surface area contributed by atoms with Crippen LogP contribution in [0.15, 0.2) is 50.1 Å². The molecule has 1 aromatic heterocycles. The van der Waals surface area contributed by atoms with Crippen molar-refractivity contribution < 1.29 is 20.3 Å². The van der Waals surface area contributed by atoms with E-state index in [1.807, 2.05) is 19.1 Å². The van der Waals surface area contributed by atoms with Gasteiger partial charge < -0.3 is 0 Å². The van der Waals surface area contributed by atoms with Gasteiger partial charge in [-0.25, -0.2) is 10.2 Å². The van der Waals surface area contributed by atoms with Crippen molar-refractivity contribution in [3.8, 4) is 0 Å². The van der Waals surface area contributed by atoms with Crippen molar-refractivity contribution in [2.75, 3.05) is 0 Å². The maximum Gasteiger partial charge on any atom is 0.0914 e. The van der Waals surface area contributed by atoms with E-state index in [-0.39, 0.29) is 0 Å². The summed E-state index contributed by atoms with van der Waals surface area (Å²) in [6, 6.07) is 0. The third kappa shape index (κ3) is 3.73. The average Bonchev–Trinajstić information content (AvgIpc) is 2.82. The topological polar surface area (TPSA) is 52.9 Å². The molecule has 5 heteroatoms. The fraction of sp³-hybridized carbons (Fsp3) is 0.0588. The summed E-state index contributed by atoms with van der Waals surface area (Å²) in [5.41, 5.74) is 3.77. The molecule has 1 heterocycles. The van der Waals surface area contributed by atoms with Crippen LogP contribution in [-0.2, 0) is 10.1 Å². The van der Waals surface area contributed by atoms with Gasteiger partial charge in [0.15, 0.2) is 0 Å². The number of aromatic nitrogens is 1. The Morgan fingerprint density at radius 2 is 1.73 bits per heavy atom. The van der Waals surface area contributed by atoms with Crippen LogP contribution in [0.25, 0.3) is 24.3 Å². The molecule has 0 unspecified atom stereocenters. The molecule has 0 aliphatic carbocycles. The van der Waals surface area contributed by atoms with Crippen LogP contribution in [0, 0.1) is 0 Å². The van der Waals surface area contributed by atoms with Crippen molar-refractivity contribution in [3.05, 3.63) is 72.6 Å². The van der Waals surface area contributed by atoms with Gasteiger partial charge >= 0.3 is 0 Å². The quantitative estimate of drug-likeness (QED) is 0.419. The fourth-order valence-electron chi connectivity index (χ4n) is 1.91. The van der Waals surface area contributed by atoms with E-state index < -0.39 is 0 Å². The van der Waals surface area contributed by atoms with Gasteiger partial charge in [0, 0.05) is 16.2 Å². The molecule has 0 saturated heterocycles. The van der Waals surface area contributed by atoms with Crippen molar-refractivity contribution in [2.24, 2.45) is 0 Å². The third-order valence-corrected chi connectivity index (χ3v) is 2.89. The zero-order valence-corrected chi connectivity index (χ0v) is 12.5. The molecule has 0 fully saturated rings. The minimum atomic E-state index is 0.591. The standard InChI is InChI=1S/C17H19NO4/c1-6-10-11-14-15(12-13(5)7-2)17(9-4)18(16(14)8-3)20-22-21-19/h6-12,19H,1-4H2,5H3/b11-10-,13-12+. The van der Waals surface area contributed by atoms with Crippen LogP contribution in [-0.4, -0.2) is 9.99 Å². The highest BCUT2D eigenvalue weighted by molar-refractivity contribution is 5.80. The van der Waals surface area contributed by atoms with E-state index in [1.165, 1.54) is 4.73 Å². The van der Waals surface area contributed by atoms with Gasteiger partial charge in [0.25, 0.3) is 0 Å². The van der Waals surface area contributed by atoms with Gasteiger partial charge in [-0.3, -0.25) is 0 Å². The Kier molecular flexibility index (Phi) is 6.85. The first-order chi connectivity index (χ1) is 10.6. The molecule has 0 aliphatic heterocycles. The maximum absolute atomic E-state index is 8.29. The highest BCUT2D eigenvalue weighted by atomic mass is 17.7. The van der Waals surface area contributed by atoms with E-state index in [2.05, 4.69) is 36.4 Å². The smallest absolute Gasteiger partial charge is 0.0914 e. The Labute approximate surface area is 129 Å². The first-order valence-electron chi connectivity index (χ1n) is 6.43. The molecule has 0 amide bonds. The van der Waals surface area contributed by atoms with Crippen LogP contribution in [0.2, 0.25) is 0 Å². The third-order valence-electron chi connectivity index (χ3n) is 2.89. The zero-order valence-electron chi connectivity index (χ0n) is 12.5. The molecule has 0 radical (unpaired) electrons. The summed E-state index contributed by atoms with van der Waals surface area (Å²) >= 11 is 0. The molecular formula is C17H19NO4. The van der Waals surface area contributed by atoms with Crippen LogP contribution in [0.3, 0.4) is 0 Å². The van der Waals surface area contributed by atoms with Gasteiger partial charge in [-0.05, 0) is 30.2 Å². The molecule has 0 aromatic carbocycles. The Bertz CT molecular complexity index is 636. The molecule has 0 saturated carbocycles. The highest BCUT2D eigenvalue weighted by Crippen LogP contribution is 2.28. The first-order valence-corrected chi connectivity index (χ1v) is 6.43. The molecule has 5 nitrogen and oxygen atoms in total. The number of nitrogens with zero attached hydrogens (tertiary/aromatic N) is 1. The molecule has 1 rings (SSSR count). The van der Waals surface area contributed by atoms with E-state index in [0.29, 0.717) is 11.4 Å². The van der Waals surface area contributed by atoms with Gasteiger partial charge in [0.05, 0.1) is 11.4 Å². The van der Waals surface area contributed by atoms with Crippen molar-refractivity contribution >= 4 is 24.3 Å². The fourth-order valence-corrected chi connectivity index (χ4v) is 1.91. The van der Waals surface area contributed by atoms with E-state index >= 15 is 0 Å². The van der Waals surface area contributed by atoms with E-state index in [9.17, 15) is 0 Å². The van der Waals surface area contributed by atoms with Crippen molar-refractivity contribution in [3.63, 3.8) is 0 Å². The minimum Gasteiger partial charge on any atom is -0.218 e. The second kappa shape index (κ2) is 8.63. The number of hydrogen-bond acceptors (Lipinski definition) is 4. The summed E-state index contributed by atoms with van der Waals surface area (Å²) in [5, 5.41) is 15.9. The first kappa shape index (κ1) is 17.5. The molecule has 1 aromatic rings. The van der Waals surface area contributed by atoms with Crippen molar-refractivity contribution in [1.29, 1.82) is 0 Å². The second-order valence-electron chi connectivity index (χ2n) is 4.20. The Morgan fingerprint density at radius 1 is 1.09 bits per heavy atom. The van der Waals surface area contributed by atoms with Gasteiger partial charge in [-0.15, -0.1) is 4.73 Å². The molecule has 1 N–H and O–H groups in total. The molecular weight excluding hydrogens is 282 g/mol. The van der Waals surface area contributed by atoms with Gasteiger partial charge in [0.1, 0.15) is 0 Å². The lowest BCUT2D eigenvalue weighted by molar-refractivity contribution is -0.619. The molecule has 0 aliphatic rings. The summed E-state index contributed by atoms with van der Waals surface area (Å²) in [7, 11) is 0. The molecule has 0 bridgehead atoms. The average molecular weight is 301 g/mol. The van der Waals surface area contributed by atoms with E-state index in [1.54, 1.807) is 30.4 Å². The Hall–Kier alpha value is -2.60. The maximum atomic E-state index is 8.29.